The SMILES string of the molecule is NC(=O)CCC(NC(=O)C(Cc1ccccc1)NC(=O)C(Cc1cnc[nH]1)NC(=O)C(N)CO)C(=O)O. The number of aliphatic hydroxyl groups excluding tert-OH is 1. The number of carbonyl (C=O) groups is 5. The number of imidazole rings is 1. The van der Waals surface area contributed by atoms with Crippen LogP contribution in [0.1, 0.15) is 24.1 Å². The summed E-state index contributed by atoms with van der Waals surface area (Å²) in [5.41, 5.74) is 11.8. The van der Waals surface area contributed by atoms with Gasteiger partial charge in [0.05, 0.1) is 12.9 Å². The zero-order chi connectivity index (χ0) is 27.4. The van der Waals surface area contributed by atoms with Gasteiger partial charge in [0.1, 0.15) is 24.2 Å². The van der Waals surface area contributed by atoms with Crippen molar-refractivity contribution in [2.75, 3.05) is 6.61 Å². The third-order valence-corrected chi connectivity index (χ3v) is 5.35. The van der Waals surface area contributed by atoms with Gasteiger partial charge in [0.25, 0.3) is 0 Å². The van der Waals surface area contributed by atoms with Crippen molar-refractivity contribution in [1.29, 1.82) is 0 Å². The van der Waals surface area contributed by atoms with Crippen LogP contribution >= 0.6 is 0 Å². The van der Waals surface area contributed by atoms with E-state index in [1.807, 2.05) is 0 Å². The fourth-order valence-electron chi connectivity index (χ4n) is 3.33. The minimum Gasteiger partial charge on any atom is -0.480 e. The summed E-state index contributed by atoms with van der Waals surface area (Å²) in [6.07, 6.45) is 2.29. The zero-order valence-electron chi connectivity index (χ0n) is 19.9. The van der Waals surface area contributed by atoms with Gasteiger partial charge in [-0.2, -0.15) is 0 Å². The van der Waals surface area contributed by atoms with Crippen LogP contribution in [-0.2, 0) is 36.8 Å². The van der Waals surface area contributed by atoms with Crippen molar-refractivity contribution in [3.8, 4) is 0 Å². The number of amides is 4. The number of hydrogen-bond donors (Lipinski definition) is 8. The number of hydrogen-bond acceptors (Lipinski definition) is 8. The molecule has 0 fully saturated rings. The second-order valence-electron chi connectivity index (χ2n) is 8.29. The van der Waals surface area contributed by atoms with Crippen molar-refractivity contribution < 1.29 is 34.2 Å². The molecule has 2 aromatic rings. The van der Waals surface area contributed by atoms with Gasteiger partial charge in [-0.25, -0.2) is 9.78 Å². The number of primary amides is 1. The van der Waals surface area contributed by atoms with E-state index >= 15 is 0 Å². The Hall–Kier alpha value is -4.30. The van der Waals surface area contributed by atoms with Crippen LogP contribution < -0.4 is 27.4 Å². The number of nitrogens with two attached hydrogens (primary N) is 2. The molecule has 200 valence electrons. The smallest absolute Gasteiger partial charge is 0.326 e. The van der Waals surface area contributed by atoms with Crippen LogP contribution in [0, 0.1) is 0 Å². The zero-order valence-corrected chi connectivity index (χ0v) is 19.9. The molecule has 4 amide bonds. The molecule has 1 heterocycles. The van der Waals surface area contributed by atoms with Crippen LogP contribution in [0.15, 0.2) is 42.9 Å². The number of carboxylic acid groups (broad SMARTS) is 1. The first-order valence-electron chi connectivity index (χ1n) is 11.4. The number of nitrogens with zero attached hydrogens (tertiary/aromatic N) is 1. The Morgan fingerprint density at radius 2 is 1.51 bits per heavy atom. The Kier molecular flexibility index (Phi) is 11.2. The van der Waals surface area contributed by atoms with E-state index in [2.05, 4.69) is 25.9 Å². The van der Waals surface area contributed by atoms with Gasteiger partial charge in [-0.1, -0.05) is 30.3 Å². The second-order valence-corrected chi connectivity index (χ2v) is 8.29. The van der Waals surface area contributed by atoms with Crippen molar-refractivity contribution in [3.05, 3.63) is 54.1 Å². The van der Waals surface area contributed by atoms with Crippen LogP contribution in [0.2, 0.25) is 0 Å². The first kappa shape index (κ1) is 28.9. The minimum absolute atomic E-state index is 0.00144. The molecular weight excluding hydrogens is 486 g/mol. The number of aliphatic hydroxyl groups is 1. The molecule has 1 aromatic carbocycles. The van der Waals surface area contributed by atoms with Crippen molar-refractivity contribution in [2.45, 2.75) is 49.9 Å². The lowest BCUT2D eigenvalue weighted by Crippen LogP contribution is -2.58. The number of rotatable bonds is 15. The van der Waals surface area contributed by atoms with Crippen LogP contribution in [0.3, 0.4) is 0 Å². The van der Waals surface area contributed by atoms with E-state index in [0.29, 0.717) is 11.3 Å². The quantitative estimate of drug-likeness (QED) is 0.122. The lowest BCUT2D eigenvalue weighted by Gasteiger charge is -2.25. The molecule has 14 nitrogen and oxygen atoms in total. The maximum absolute atomic E-state index is 13.2. The summed E-state index contributed by atoms with van der Waals surface area (Å²) in [7, 11) is 0. The van der Waals surface area contributed by atoms with Crippen molar-refractivity contribution >= 4 is 29.6 Å². The summed E-state index contributed by atoms with van der Waals surface area (Å²) in [6, 6.07) is 3.53. The average molecular weight is 518 g/mol. The number of aliphatic carboxylic acids is 1. The molecular formula is C23H31N7O7. The summed E-state index contributed by atoms with van der Waals surface area (Å²) in [5.74, 6) is -4.46. The first-order valence-corrected chi connectivity index (χ1v) is 11.4. The highest BCUT2D eigenvalue weighted by Gasteiger charge is 2.31. The van der Waals surface area contributed by atoms with Crippen LogP contribution in [0.4, 0.5) is 0 Å². The lowest BCUT2D eigenvalue weighted by atomic mass is 10.0. The first-order chi connectivity index (χ1) is 17.6. The Labute approximate surface area is 212 Å². The fraction of sp³-hybridized carbons (Fsp3) is 0.391. The highest BCUT2D eigenvalue weighted by molar-refractivity contribution is 5.94. The largest absolute Gasteiger partial charge is 0.480 e. The summed E-state index contributed by atoms with van der Waals surface area (Å²) >= 11 is 0. The predicted molar refractivity (Wildman–Crippen MR) is 129 cm³/mol. The van der Waals surface area contributed by atoms with Gasteiger partial charge in [0, 0.05) is 31.2 Å². The Bertz CT molecular complexity index is 1060. The molecule has 2 rings (SSSR count). The van der Waals surface area contributed by atoms with E-state index in [9.17, 15) is 34.2 Å². The van der Waals surface area contributed by atoms with Crippen LogP contribution in [-0.4, -0.2) is 80.6 Å². The molecule has 0 aliphatic heterocycles. The maximum atomic E-state index is 13.2. The van der Waals surface area contributed by atoms with Crippen molar-refractivity contribution in [1.82, 2.24) is 25.9 Å². The minimum atomic E-state index is -1.42. The molecule has 0 bridgehead atoms. The summed E-state index contributed by atoms with van der Waals surface area (Å²) in [6.45, 7) is -0.648. The van der Waals surface area contributed by atoms with Crippen molar-refractivity contribution in [2.24, 2.45) is 11.5 Å². The molecule has 0 aliphatic rings. The number of carboxylic acids is 1. The molecule has 14 heteroatoms. The Morgan fingerprint density at radius 3 is 2.05 bits per heavy atom. The number of H-pyrrole nitrogens is 1. The van der Waals surface area contributed by atoms with E-state index < -0.39 is 60.4 Å². The molecule has 0 saturated carbocycles. The number of aromatic amines is 1. The third kappa shape index (κ3) is 9.70. The number of carbonyl (C=O) groups excluding carboxylic acids is 4. The molecule has 0 radical (unpaired) electrons. The highest BCUT2D eigenvalue weighted by Crippen LogP contribution is 2.07. The monoisotopic (exact) mass is 517 g/mol. The van der Waals surface area contributed by atoms with Gasteiger partial charge in [0.15, 0.2) is 0 Å². The summed E-state index contributed by atoms with van der Waals surface area (Å²) in [5, 5.41) is 26.0. The molecule has 0 saturated heterocycles. The van der Waals surface area contributed by atoms with Gasteiger partial charge < -0.3 is 42.6 Å². The summed E-state index contributed by atoms with van der Waals surface area (Å²) in [4.78, 5) is 68.0. The van der Waals surface area contributed by atoms with Gasteiger partial charge in [-0.3, -0.25) is 19.2 Å². The predicted octanol–water partition coefficient (Wildman–Crippen LogP) is -2.68. The Morgan fingerprint density at radius 1 is 0.919 bits per heavy atom. The van der Waals surface area contributed by atoms with E-state index in [1.165, 1.54) is 12.5 Å². The molecule has 4 unspecified atom stereocenters. The van der Waals surface area contributed by atoms with Gasteiger partial charge >= 0.3 is 5.97 Å². The molecule has 4 atom stereocenters. The van der Waals surface area contributed by atoms with E-state index in [-0.39, 0.29) is 25.7 Å². The lowest BCUT2D eigenvalue weighted by molar-refractivity contribution is -0.142. The number of aromatic nitrogens is 2. The molecule has 1 aromatic heterocycles. The number of benzene rings is 1. The van der Waals surface area contributed by atoms with Gasteiger partial charge in [-0.05, 0) is 12.0 Å². The topological polar surface area (TPSA) is 243 Å². The number of nitrogens with one attached hydrogen (secondary N) is 4. The van der Waals surface area contributed by atoms with E-state index in [0.717, 1.165) is 0 Å². The highest BCUT2D eigenvalue weighted by atomic mass is 16.4. The molecule has 37 heavy (non-hydrogen) atoms. The molecule has 0 spiro atoms. The maximum Gasteiger partial charge on any atom is 0.326 e. The van der Waals surface area contributed by atoms with Gasteiger partial charge in [-0.15, -0.1) is 0 Å². The van der Waals surface area contributed by atoms with Crippen LogP contribution in [0.5, 0.6) is 0 Å². The molecule has 0 aliphatic carbocycles. The average Bonchev–Trinajstić information content (AvgIpc) is 3.38. The Balaban J connectivity index is 2.25. The van der Waals surface area contributed by atoms with Crippen molar-refractivity contribution in [3.63, 3.8) is 0 Å². The second kappa shape index (κ2) is 14.3. The van der Waals surface area contributed by atoms with Crippen LogP contribution in [0.25, 0.3) is 0 Å². The van der Waals surface area contributed by atoms with E-state index in [1.54, 1.807) is 30.3 Å². The van der Waals surface area contributed by atoms with Gasteiger partial charge in [0.2, 0.25) is 23.6 Å². The standard InChI is InChI=1S/C23H31N7O7/c24-15(11-31)20(33)29-18(9-14-10-26-12-27-14)22(35)30-17(8-13-4-2-1-3-5-13)21(34)28-16(23(36)37)6-7-19(25)32/h1-5,10,12,15-18,31H,6-9,11,24H2,(H2,25,32)(H,26,27)(H,28,34)(H,29,33)(H,30,35)(H,36,37). The van der Waals surface area contributed by atoms with E-state index in [4.69, 9.17) is 11.5 Å². The molecule has 10 N–H and O–H groups in total. The fourth-order valence-corrected chi connectivity index (χ4v) is 3.33. The third-order valence-electron chi connectivity index (χ3n) is 5.35. The summed E-state index contributed by atoms with van der Waals surface area (Å²) < 4.78 is 0. The normalized spacial score (nSPS) is 14.0.